The van der Waals surface area contributed by atoms with Crippen molar-refractivity contribution in [1.29, 1.82) is 0 Å². The van der Waals surface area contributed by atoms with E-state index in [1.807, 2.05) is 0 Å². The van der Waals surface area contributed by atoms with Gasteiger partial charge in [0.25, 0.3) is 5.91 Å². The van der Waals surface area contributed by atoms with Crippen LogP contribution in [-0.4, -0.2) is 29.9 Å². The van der Waals surface area contributed by atoms with Gasteiger partial charge < -0.3 is 15.6 Å². The Hall–Kier alpha value is -2.37. The predicted octanol–water partition coefficient (Wildman–Crippen LogP) is 1.81. The smallest absolute Gasteiger partial charge is 0.267 e. The van der Waals surface area contributed by atoms with Crippen LogP contribution in [0.2, 0.25) is 0 Å². The van der Waals surface area contributed by atoms with Crippen LogP contribution >= 0.6 is 0 Å². The minimum Gasteiger partial charge on any atom is -0.354 e. The molecular weight excluding hydrogens is 273 g/mol. The zero-order valence-corrected chi connectivity index (χ0v) is 12.0. The van der Waals surface area contributed by atoms with Crippen molar-refractivity contribution >= 4 is 22.7 Å². The molecule has 1 aromatic carbocycles. The average Bonchev–Trinajstić information content (AvgIpc) is 2.85. The lowest BCUT2D eigenvalue weighted by molar-refractivity contribution is -0.123. The molecule has 0 aliphatic rings. The van der Waals surface area contributed by atoms with Crippen molar-refractivity contribution in [3.63, 3.8) is 0 Å². The van der Waals surface area contributed by atoms with E-state index in [-0.39, 0.29) is 23.5 Å². The van der Waals surface area contributed by atoms with Crippen LogP contribution < -0.4 is 10.6 Å². The van der Waals surface area contributed by atoms with E-state index in [2.05, 4.69) is 15.6 Å². The fourth-order valence-electron chi connectivity index (χ4n) is 1.89. The number of H-pyrrole nitrogens is 1. The van der Waals surface area contributed by atoms with Gasteiger partial charge in [-0.15, -0.1) is 0 Å². The van der Waals surface area contributed by atoms with Crippen LogP contribution in [-0.2, 0) is 4.79 Å². The van der Waals surface area contributed by atoms with E-state index in [1.54, 1.807) is 26.0 Å². The van der Waals surface area contributed by atoms with Gasteiger partial charge in [-0.1, -0.05) is 13.8 Å². The van der Waals surface area contributed by atoms with E-state index in [1.165, 1.54) is 12.1 Å². The third-order valence-corrected chi connectivity index (χ3v) is 3.06. The Bertz CT molecular complexity index is 664. The van der Waals surface area contributed by atoms with E-state index >= 15 is 0 Å². The Labute approximate surface area is 121 Å². The molecule has 0 saturated heterocycles. The fourth-order valence-corrected chi connectivity index (χ4v) is 1.89. The number of carbonyl (C=O) groups is 2. The molecule has 0 saturated carbocycles. The van der Waals surface area contributed by atoms with Crippen molar-refractivity contribution in [2.45, 2.75) is 13.8 Å². The lowest BCUT2D eigenvalue weighted by atomic mass is 10.2. The van der Waals surface area contributed by atoms with Crippen LogP contribution in [0.3, 0.4) is 0 Å². The molecule has 0 spiro atoms. The maximum Gasteiger partial charge on any atom is 0.267 e. The van der Waals surface area contributed by atoms with Crippen LogP contribution in [0.25, 0.3) is 10.9 Å². The Morgan fingerprint density at radius 3 is 2.62 bits per heavy atom. The molecule has 2 amide bonds. The molecule has 1 aromatic heterocycles. The zero-order chi connectivity index (χ0) is 15.4. The van der Waals surface area contributed by atoms with Gasteiger partial charge in [-0.2, -0.15) is 0 Å². The number of benzene rings is 1. The van der Waals surface area contributed by atoms with Crippen LogP contribution in [0.1, 0.15) is 24.3 Å². The minimum absolute atomic E-state index is 0.0506. The number of rotatable bonds is 5. The van der Waals surface area contributed by atoms with Crippen molar-refractivity contribution in [1.82, 2.24) is 15.6 Å². The second-order valence-corrected chi connectivity index (χ2v) is 5.12. The number of hydrogen-bond acceptors (Lipinski definition) is 2. The Kier molecular flexibility index (Phi) is 4.57. The monoisotopic (exact) mass is 291 g/mol. The minimum atomic E-state index is -0.343. The number of amides is 2. The van der Waals surface area contributed by atoms with Crippen molar-refractivity contribution in [3.05, 3.63) is 35.8 Å². The molecule has 2 rings (SSSR count). The molecule has 2 aromatic rings. The number of halogens is 1. The molecular formula is C15H18FN3O2. The predicted molar refractivity (Wildman–Crippen MR) is 78.4 cm³/mol. The maximum absolute atomic E-state index is 13.1. The summed E-state index contributed by atoms with van der Waals surface area (Å²) >= 11 is 0. The van der Waals surface area contributed by atoms with E-state index in [4.69, 9.17) is 0 Å². The van der Waals surface area contributed by atoms with Gasteiger partial charge in [-0.25, -0.2) is 4.39 Å². The first-order valence-electron chi connectivity index (χ1n) is 6.81. The van der Waals surface area contributed by atoms with Gasteiger partial charge in [-0.3, -0.25) is 9.59 Å². The largest absolute Gasteiger partial charge is 0.354 e. The molecule has 21 heavy (non-hydrogen) atoms. The highest BCUT2D eigenvalue weighted by Gasteiger charge is 2.10. The Morgan fingerprint density at radius 2 is 1.90 bits per heavy atom. The second kappa shape index (κ2) is 6.39. The Balaban J connectivity index is 1.89. The van der Waals surface area contributed by atoms with Gasteiger partial charge in [0.05, 0.1) is 0 Å². The van der Waals surface area contributed by atoms with Crippen LogP contribution in [0.5, 0.6) is 0 Å². The molecule has 1 heterocycles. The van der Waals surface area contributed by atoms with Gasteiger partial charge >= 0.3 is 0 Å². The molecule has 0 atom stereocenters. The summed E-state index contributed by atoms with van der Waals surface area (Å²) in [7, 11) is 0. The zero-order valence-electron chi connectivity index (χ0n) is 12.0. The molecule has 0 unspecified atom stereocenters. The lowest BCUT2D eigenvalue weighted by Crippen LogP contribution is -2.36. The van der Waals surface area contributed by atoms with Gasteiger partial charge in [-0.05, 0) is 24.3 Å². The first kappa shape index (κ1) is 15.0. The highest BCUT2D eigenvalue weighted by molar-refractivity contribution is 5.98. The number of hydrogen-bond donors (Lipinski definition) is 3. The highest BCUT2D eigenvalue weighted by atomic mass is 19.1. The van der Waals surface area contributed by atoms with Gasteiger partial charge in [0, 0.05) is 29.9 Å². The fraction of sp³-hybridized carbons (Fsp3) is 0.333. The molecule has 0 bridgehead atoms. The summed E-state index contributed by atoms with van der Waals surface area (Å²) in [6.07, 6.45) is 0. The normalized spacial score (nSPS) is 10.9. The van der Waals surface area contributed by atoms with E-state index in [0.29, 0.717) is 29.7 Å². The van der Waals surface area contributed by atoms with Gasteiger partial charge in [0.2, 0.25) is 5.91 Å². The molecule has 0 aliphatic heterocycles. The summed E-state index contributed by atoms with van der Waals surface area (Å²) in [5, 5.41) is 6.05. The van der Waals surface area contributed by atoms with Crippen molar-refractivity contribution in [3.8, 4) is 0 Å². The standard InChI is InChI=1S/C15H18FN3O2/c1-9(2)14(20)17-5-6-18-15(21)13-8-10-7-11(16)3-4-12(10)19-13/h3-4,7-9,19H,5-6H2,1-2H3,(H,17,20)(H,18,21). The summed E-state index contributed by atoms with van der Waals surface area (Å²) in [6, 6.07) is 5.89. The topological polar surface area (TPSA) is 74.0 Å². The van der Waals surface area contributed by atoms with Crippen molar-refractivity contribution in [2.75, 3.05) is 13.1 Å². The number of nitrogens with one attached hydrogen (secondary N) is 3. The number of aromatic nitrogens is 1. The van der Waals surface area contributed by atoms with E-state index in [0.717, 1.165) is 0 Å². The highest BCUT2D eigenvalue weighted by Crippen LogP contribution is 2.16. The van der Waals surface area contributed by atoms with Crippen LogP contribution in [0.4, 0.5) is 4.39 Å². The molecule has 0 aliphatic carbocycles. The van der Waals surface area contributed by atoms with Crippen LogP contribution in [0, 0.1) is 11.7 Å². The lowest BCUT2D eigenvalue weighted by Gasteiger charge is -2.08. The molecule has 0 fully saturated rings. The summed E-state index contributed by atoms with van der Waals surface area (Å²) < 4.78 is 13.1. The van der Waals surface area contributed by atoms with Crippen molar-refractivity contribution in [2.24, 2.45) is 5.92 Å². The summed E-state index contributed by atoms with van der Waals surface area (Å²) in [4.78, 5) is 26.2. The molecule has 112 valence electrons. The molecule has 3 N–H and O–H groups in total. The van der Waals surface area contributed by atoms with Gasteiger partial charge in [0.15, 0.2) is 0 Å². The third-order valence-electron chi connectivity index (χ3n) is 3.06. The average molecular weight is 291 g/mol. The third kappa shape index (κ3) is 3.81. The molecule has 0 radical (unpaired) electrons. The van der Waals surface area contributed by atoms with E-state index < -0.39 is 0 Å². The van der Waals surface area contributed by atoms with Crippen LogP contribution in [0.15, 0.2) is 24.3 Å². The number of aromatic amines is 1. The van der Waals surface area contributed by atoms with Gasteiger partial charge in [0.1, 0.15) is 11.5 Å². The first-order valence-corrected chi connectivity index (χ1v) is 6.81. The number of carbonyl (C=O) groups excluding carboxylic acids is 2. The summed E-state index contributed by atoms with van der Waals surface area (Å²) in [5.74, 6) is -0.759. The van der Waals surface area contributed by atoms with E-state index in [9.17, 15) is 14.0 Å². The molecule has 6 heteroatoms. The summed E-state index contributed by atoms with van der Waals surface area (Å²) in [6.45, 7) is 4.31. The SMILES string of the molecule is CC(C)C(=O)NCCNC(=O)c1cc2cc(F)ccc2[nH]1. The molecule has 5 nitrogen and oxygen atoms in total. The first-order chi connectivity index (χ1) is 9.97. The quantitative estimate of drug-likeness (QED) is 0.735. The maximum atomic E-state index is 13.1. The summed E-state index contributed by atoms with van der Waals surface area (Å²) in [5.41, 5.74) is 1.07. The van der Waals surface area contributed by atoms with Crippen molar-refractivity contribution < 1.29 is 14.0 Å². The second-order valence-electron chi connectivity index (χ2n) is 5.12. The Morgan fingerprint density at radius 1 is 1.19 bits per heavy atom. The number of fused-ring (bicyclic) bond motifs is 1.